The highest BCUT2D eigenvalue weighted by Crippen LogP contribution is 2.35. The van der Waals surface area contributed by atoms with E-state index in [4.69, 9.17) is 15.2 Å². The summed E-state index contributed by atoms with van der Waals surface area (Å²) in [4.78, 5) is 13.3. The lowest BCUT2D eigenvalue weighted by Crippen LogP contribution is -2.00. The van der Waals surface area contributed by atoms with Crippen LogP contribution < -0.4 is 20.5 Å². The van der Waals surface area contributed by atoms with E-state index in [0.29, 0.717) is 34.2 Å². The van der Waals surface area contributed by atoms with Gasteiger partial charge >= 0.3 is 0 Å². The van der Waals surface area contributed by atoms with E-state index in [1.807, 2.05) is 60.7 Å². The Labute approximate surface area is 199 Å². The number of alkyl halides is 1. The highest BCUT2D eigenvalue weighted by molar-refractivity contribution is 14.1. The number of rotatable bonds is 8. The molecule has 0 aliphatic carbocycles. The van der Waals surface area contributed by atoms with Crippen LogP contribution in [0, 0.1) is 0 Å². The van der Waals surface area contributed by atoms with Gasteiger partial charge < -0.3 is 20.5 Å². The van der Waals surface area contributed by atoms with Crippen molar-refractivity contribution in [2.75, 3.05) is 22.8 Å². The summed E-state index contributed by atoms with van der Waals surface area (Å²) in [5.74, 6) is 1.93. The molecule has 0 aliphatic heterocycles. The number of nitrogens with two attached hydrogens (primary N) is 1. The summed E-state index contributed by atoms with van der Waals surface area (Å²) >= 11 is 2.15. The fourth-order valence-electron chi connectivity index (χ4n) is 3.23. The number of benzene rings is 3. The first-order valence-corrected chi connectivity index (χ1v) is 11.4. The number of anilines is 3. The van der Waals surface area contributed by atoms with Crippen molar-refractivity contribution in [3.05, 3.63) is 78.1 Å². The molecule has 0 amide bonds. The summed E-state index contributed by atoms with van der Waals surface area (Å²) < 4.78 is 11.6. The Balaban J connectivity index is 1.61. The Morgan fingerprint density at radius 1 is 1.06 bits per heavy atom. The molecule has 1 aromatic heterocycles. The monoisotopic (exact) mass is 539 g/mol. The average Bonchev–Trinajstić information content (AvgIpc) is 2.82. The molecule has 3 aromatic carbocycles. The normalized spacial score (nSPS) is 11.1. The second kappa shape index (κ2) is 10.3. The van der Waals surface area contributed by atoms with E-state index in [2.05, 4.69) is 42.9 Å². The fraction of sp³-hybridized carbons (Fsp3) is 0.125. The summed E-state index contributed by atoms with van der Waals surface area (Å²) in [5, 5.41) is 4.19. The maximum Gasteiger partial charge on any atom is 0.163 e. The van der Waals surface area contributed by atoms with Gasteiger partial charge in [-0.15, -0.1) is 0 Å². The third kappa shape index (κ3) is 5.08. The molecule has 8 heteroatoms. The van der Waals surface area contributed by atoms with Crippen LogP contribution in [0.5, 0.6) is 11.5 Å². The first-order chi connectivity index (χ1) is 15.7. The van der Waals surface area contributed by atoms with E-state index >= 15 is 0 Å². The molecule has 1 heterocycles. The number of hydrogen-bond acceptors (Lipinski definition) is 7. The van der Waals surface area contributed by atoms with Crippen LogP contribution in [0.3, 0.4) is 0 Å². The smallest absolute Gasteiger partial charge is 0.163 e. The first kappa shape index (κ1) is 21.8. The largest absolute Gasteiger partial charge is 0.493 e. The van der Waals surface area contributed by atoms with Gasteiger partial charge in [0.15, 0.2) is 11.5 Å². The number of halogens is 1. The molecule has 4 rings (SSSR count). The van der Waals surface area contributed by atoms with Crippen molar-refractivity contribution in [1.29, 1.82) is 0 Å². The van der Waals surface area contributed by atoms with Crippen molar-refractivity contribution in [3.8, 4) is 11.5 Å². The highest BCUT2D eigenvalue weighted by atomic mass is 127. The van der Waals surface area contributed by atoms with Gasteiger partial charge in [0.2, 0.25) is 0 Å². The molecular weight excluding hydrogens is 517 g/mol. The van der Waals surface area contributed by atoms with Gasteiger partial charge in [-0.05, 0) is 52.4 Å². The van der Waals surface area contributed by atoms with Crippen LogP contribution in [-0.2, 0) is 6.54 Å². The molecule has 0 radical (unpaired) electrons. The third-order valence-electron chi connectivity index (χ3n) is 4.83. The maximum absolute atomic E-state index is 6.16. The van der Waals surface area contributed by atoms with Crippen LogP contribution >= 0.6 is 22.6 Å². The molecule has 0 bridgehead atoms. The average molecular weight is 539 g/mol. The Bertz CT molecular complexity index is 1250. The minimum Gasteiger partial charge on any atom is -0.493 e. The fourth-order valence-corrected chi connectivity index (χ4v) is 3.56. The van der Waals surface area contributed by atoms with E-state index in [0.717, 1.165) is 27.7 Å². The quantitative estimate of drug-likeness (QED) is 0.136. The van der Waals surface area contributed by atoms with Crippen molar-refractivity contribution in [1.82, 2.24) is 9.97 Å². The molecular formula is C24H22IN5O2. The molecule has 0 fully saturated rings. The summed E-state index contributed by atoms with van der Waals surface area (Å²) in [7, 11) is 1.61. The van der Waals surface area contributed by atoms with Crippen LogP contribution in [0.15, 0.2) is 72.0 Å². The number of nitrogens with one attached hydrogen (secondary N) is 1. The second-order valence-corrected chi connectivity index (χ2v) is 7.54. The summed E-state index contributed by atoms with van der Waals surface area (Å²) in [6, 6.07) is 19.5. The minimum atomic E-state index is 0.500. The molecule has 0 saturated heterocycles. The Morgan fingerprint density at radius 3 is 2.69 bits per heavy atom. The van der Waals surface area contributed by atoms with Gasteiger partial charge in [0.25, 0.3) is 0 Å². The van der Waals surface area contributed by atoms with Crippen molar-refractivity contribution in [2.45, 2.75) is 6.54 Å². The van der Waals surface area contributed by atoms with Crippen LogP contribution in [-0.4, -0.2) is 27.9 Å². The van der Waals surface area contributed by atoms with E-state index in [1.165, 1.54) is 6.33 Å². The lowest BCUT2D eigenvalue weighted by atomic mass is 10.1. The third-order valence-corrected chi connectivity index (χ3v) is 5.14. The van der Waals surface area contributed by atoms with Crippen molar-refractivity contribution in [2.24, 2.45) is 4.99 Å². The predicted molar refractivity (Wildman–Crippen MR) is 137 cm³/mol. The summed E-state index contributed by atoms with van der Waals surface area (Å²) in [6.07, 6.45) is 3.31. The zero-order valence-electron chi connectivity index (χ0n) is 17.5. The number of aromatic nitrogens is 2. The van der Waals surface area contributed by atoms with E-state index < -0.39 is 0 Å². The standard InChI is InChI=1S/C24H22IN5O2/c1-31-22-11-21-19(10-23(22)32-14-25)24(29-15-28-21)30-18-7-8-20(26)17(9-18)13-27-12-16-5-3-2-4-6-16/h2-11,13,15H,12,14,26H2,1H3,(H,28,29,30). The maximum atomic E-state index is 6.16. The van der Waals surface area contributed by atoms with E-state index in [9.17, 15) is 0 Å². The molecule has 0 aliphatic rings. The predicted octanol–water partition coefficient (Wildman–Crippen LogP) is 5.35. The number of fused-ring (bicyclic) bond motifs is 1. The zero-order valence-corrected chi connectivity index (χ0v) is 19.6. The Hall–Kier alpha value is -3.40. The Kier molecular flexibility index (Phi) is 7.00. The van der Waals surface area contributed by atoms with Gasteiger partial charge in [0.05, 0.1) is 19.2 Å². The van der Waals surface area contributed by atoms with Gasteiger partial charge in [-0.25, -0.2) is 9.97 Å². The zero-order chi connectivity index (χ0) is 22.3. The van der Waals surface area contributed by atoms with Crippen molar-refractivity contribution in [3.63, 3.8) is 0 Å². The number of ether oxygens (including phenoxy) is 2. The SMILES string of the molecule is COc1cc2ncnc(Nc3ccc(N)c(C=NCc4ccccc4)c3)c2cc1OCI. The lowest BCUT2D eigenvalue weighted by molar-refractivity contribution is 0.351. The molecule has 3 N–H and O–H groups in total. The summed E-state index contributed by atoms with van der Waals surface area (Å²) in [5.41, 5.74) is 10.4. The molecule has 162 valence electrons. The number of aliphatic imine (C=N–C) groups is 1. The number of hydrogen-bond donors (Lipinski definition) is 2. The molecule has 0 saturated carbocycles. The van der Waals surface area contributed by atoms with E-state index in [1.54, 1.807) is 13.3 Å². The minimum absolute atomic E-state index is 0.500. The molecule has 0 atom stereocenters. The molecule has 7 nitrogen and oxygen atoms in total. The van der Waals surface area contributed by atoms with Crippen LogP contribution in [0.1, 0.15) is 11.1 Å². The molecule has 4 aromatic rings. The van der Waals surface area contributed by atoms with Gasteiger partial charge in [-0.1, -0.05) is 30.3 Å². The van der Waals surface area contributed by atoms with Crippen molar-refractivity contribution >= 4 is 56.9 Å². The highest BCUT2D eigenvalue weighted by Gasteiger charge is 2.12. The topological polar surface area (TPSA) is 94.7 Å². The molecule has 32 heavy (non-hydrogen) atoms. The summed E-state index contributed by atoms with van der Waals surface area (Å²) in [6.45, 7) is 0.593. The number of nitrogens with zero attached hydrogens (tertiary/aromatic N) is 3. The Morgan fingerprint density at radius 2 is 1.91 bits per heavy atom. The van der Waals surface area contributed by atoms with E-state index in [-0.39, 0.29) is 0 Å². The van der Waals surface area contributed by atoms with Gasteiger partial charge in [-0.3, -0.25) is 4.99 Å². The van der Waals surface area contributed by atoms with Crippen LogP contribution in [0.25, 0.3) is 10.9 Å². The lowest BCUT2D eigenvalue weighted by Gasteiger charge is -2.13. The van der Waals surface area contributed by atoms with Crippen LogP contribution in [0.4, 0.5) is 17.2 Å². The van der Waals surface area contributed by atoms with Gasteiger partial charge in [0.1, 0.15) is 16.8 Å². The number of methoxy groups -OCH3 is 1. The van der Waals surface area contributed by atoms with Crippen molar-refractivity contribution < 1.29 is 9.47 Å². The molecule has 0 spiro atoms. The second-order valence-electron chi connectivity index (χ2n) is 6.92. The first-order valence-electron chi connectivity index (χ1n) is 9.89. The molecule has 0 unspecified atom stereocenters. The van der Waals surface area contributed by atoms with Gasteiger partial charge in [0, 0.05) is 34.6 Å². The number of nitrogen functional groups attached to an aromatic ring is 1. The van der Waals surface area contributed by atoms with Crippen LogP contribution in [0.2, 0.25) is 0 Å². The van der Waals surface area contributed by atoms with Gasteiger partial charge in [-0.2, -0.15) is 0 Å².